The number of carbonyl (C=O) groups is 2. The van der Waals surface area contributed by atoms with Crippen LogP contribution in [-0.2, 0) is 4.79 Å². The largest absolute Gasteiger partial charge is 0.408 e. The van der Waals surface area contributed by atoms with Crippen molar-refractivity contribution in [3.8, 4) is 5.82 Å². The van der Waals surface area contributed by atoms with Gasteiger partial charge in [-0.05, 0) is 30.9 Å². The number of carbonyl (C=O) groups excluding carboxylic acids is 2. The van der Waals surface area contributed by atoms with E-state index in [1.54, 1.807) is 0 Å². The summed E-state index contributed by atoms with van der Waals surface area (Å²) < 4.78 is 69.5. The zero-order valence-electron chi connectivity index (χ0n) is 18.8. The minimum absolute atomic E-state index is 0.00668. The van der Waals surface area contributed by atoms with E-state index in [-0.39, 0.29) is 42.7 Å². The fourth-order valence-electron chi connectivity index (χ4n) is 4.28. The Morgan fingerprint density at radius 3 is 2.51 bits per heavy atom. The summed E-state index contributed by atoms with van der Waals surface area (Å²) in [5.74, 6) is -5.44. The van der Waals surface area contributed by atoms with Crippen molar-refractivity contribution < 1.29 is 36.6 Å². The Bertz CT molecular complexity index is 1490. The molecule has 4 heterocycles. The number of aliphatic hydroxyl groups is 1. The lowest BCUT2D eigenvalue weighted by Crippen LogP contribution is -2.48. The van der Waals surface area contributed by atoms with Crippen LogP contribution in [-0.4, -0.2) is 56.3 Å². The third-order valence-electron chi connectivity index (χ3n) is 6.21. The lowest BCUT2D eigenvalue weighted by atomic mass is 10.1. The third kappa shape index (κ3) is 4.63. The molecule has 0 aromatic carbocycles. The van der Waals surface area contributed by atoms with Gasteiger partial charge in [0.15, 0.2) is 17.3 Å². The second-order valence-electron chi connectivity index (χ2n) is 8.93. The Morgan fingerprint density at radius 2 is 1.92 bits per heavy atom. The van der Waals surface area contributed by atoms with E-state index in [9.17, 15) is 41.4 Å². The van der Waals surface area contributed by atoms with Crippen LogP contribution in [0.15, 0.2) is 35.4 Å². The smallest absolute Gasteiger partial charge is 0.391 e. The number of anilines is 1. The highest BCUT2D eigenvalue weighted by atomic mass is 19.4. The maximum Gasteiger partial charge on any atom is 0.408 e. The Labute approximate surface area is 204 Å². The Kier molecular flexibility index (Phi) is 5.93. The molecule has 1 saturated heterocycles. The van der Waals surface area contributed by atoms with Gasteiger partial charge in [-0.2, -0.15) is 13.2 Å². The lowest BCUT2D eigenvalue weighted by Gasteiger charge is -2.22. The lowest BCUT2D eigenvalue weighted by molar-refractivity contribution is -0.158. The van der Waals surface area contributed by atoms with Crippen molar-refractivity contribution in [1.29, 1.82) is 0 Å². The number of hydrogen-bond donors (Lipinski definition) is 2. The molecule has 1 aliphatic carbocycles. The molecule has 5 rings (SSSR count). The predicted molar refractivity (Wildman–Crippen MR) is 118 cm³/mol. The number of fused-ring (bicyclic) bond motifs is 1. The summed E-state index contributed by atoms with van der Waals surface area (Å²) in [6.45, 7) is -0.0920. The molecular weight excluding hydrogens is 505 g/mol. The van der Waals surface area contributed by atoms with E-state index in [0.29, 0.717) is 12.3 Å². The first kappa shape index (κ1) is 24.7. The van der Waals surface area contributed by atoms with Crippen molar-refractivity contribution in [2.24, 2.45) is 5.92 Å². The molecule has 2 atom stereocenters. The first-order chi connectivity index (χ1) is 17.4. The Balaban J connectivity index is 1.67. The van der Waals surface area contributed by atoms with Gasteiger partial charge in [0.25, 0.3) is 5.91 Å². The molecule has 0 radical (unpaired) electrons. The summed E-state index contributed by atoms with van der Waals surface area (Å²) >= 11 is 0. The van der Waals surface area contributed by atoms with Crippen LogP contribution < -0.4 is 15.6 Å². The molecule has 1 saturated carbocycles. The van der Waals surface area contributed by atoms with Gasteiger partial charge in [0.2, 0.25) is 11.3 Å². The summed E-state index contributed by atoms with van der Waals surface area (Å²) in [6.07, 6.45) is -3.91. The summed E-state index contributed by atoms with van der Waals surface area (Å²) in [7, 11) is 0. The maximum absolute atomic E-state index is 14.7. The van der Waals surface area contributed by atoms with Crippen molar-refractivity contribution in [3.05, 3.63) is 58.0 Å². The molecule has 2 fully saturated rings. The maximum atomic E-state index is 14.7. The van der Waals surface area contributed by atoms with Gasteiger partial charge < -0.3 is 10.4 Å². The SMILES string of the molecule is O=C(NC(C1CC1)C(F)(F)F)c1cn(-c2ncc(F)cc2F)c2nc(N3CC(O)CC3=O)ccc2c1=O. The minimum atomic E-state index is -4.75. The van der Waals surface area contributed by atoms with Crippen LogP contribution in [0.5, 0.6) is 0 Å². The molecule has 37 heavy (non-hydrogen) atoms. The van der Waals surface area contributed by atoms with Crippen molar-refractivity contribution in [3.63, 3.8) is 0 Å². The molecular formula is C23H18F5N5O4. The molecule has 14 heteroatoms. The van der Waals surface area contributed by atoms with E-state index >= 15 is 0 Å². The topological polar surface area (TPSA) is 117 Å². The van der Waals surface area contributed by atoms with Crippen LogP contribution in [0.1, 0.15) is 29.6 Å². The number of amides is 2. The second-order valence-corrected chi connectivity index (χ2v) is 8.93. The number of halogens is 5. The summed E-state index contributed by atoms with van der Waals surface area (Å²) in [4.78, 5) is 47.3. The van der Waals surface area contributed by atoms with Crippen molar-refractivity contribution in [1.82, 2.24) is 19.9 Å². The van der Waals surface area contributed by atoms with Crippen LogP contribution in [0.3, 0.4) is 0 Å². The fourth-order valence-corrected chi connectivity index (χ4v) is 4.28. The first-order valence-corrected chi connectivity index (χ1v) is 11.2. The number of pyridine rings is 3. The number of rotatable bonds is 5. The van der Waals surface area contributed by atoms with Gasteiger partial charge >= 0.3 is 6.18 Å². The van der Waals surface area contributed by atoms with Crippen molar-refractivity contribution >= 4 is 28.7 Å². The number of β-amino-alcohol motifs (C(OH)–C–C–N with tert-alkyl or cyclic N) is 1. The van der Waals surface area contributed by atoms with Crippen LogP contribution in [0, 0.1) is 17.6 Å². The van der Waals surface area contributed by atoms with Crippen molar-refractivity contribution in [2.75, 3.05) is 11.4 Å². The molecule has 3 aromatic heterocycles. The molecule has 9 nitrogen and oxygen atoms in total. The zero-order valence-corrected chi connectivity index (χ0v) is 18.8. The highest BCUT2D eigenvalue weighted by Crippen LogP contribution is 2.40. The highest BCUT2D eigenvalue weighted by molar-refractivity contribution is 5.99. The van der Waals surface area contributed by atoms with Gasteiger partial charge in [-0.15, -0.1) is 0 Å². The van der Waals surface area contributed by atoms with Gasteiger partial charge in [0, 0.05) is 12.3 Å². The molecule has 0 bridgehead atoms. The number of hydrogen-bond acceptors (Lipinski definition) is 6. The van der Waals surface area contributed by atoms with Gasteiger partial charge in [-0.3, -0.25) is 23.9 Å². The number of aliphatic hydroxyl groups excluding tert-OH is 1. The zero-order chi connectivity index (χ0) is 26.6. The Morgan fingerprint density at radius 1 is 1.19 bits per heavy atom. The van der Waals surface area contributed by atoms with E-state index in [1.807, 2.05) is 5.32 Å². The second kappa shape index (κ2) is 8.87. The predicted octanol–water partition coefficient (Wildman–Crippen LogP) is 2.23. The molecule has 2 unspecified atom stereocenters. The van der Waals surface area contributed by atoms with E-state index in [1.165, 1.54) is 12.1 Å². The molecule has 2 aliphatic rings. The monoisotopic (exact) mass is 523 g/mol. The van der Waals surface area contributed by atoms with Crippen LogP contribution in [0.25, 0.3) is 16.9 Å². The van der Waals surface area contributed by atoms with E-state index in [0.717, 1.165) is 15.7 Å². The molecule has 2 N–H and O–H groups in total. The Hall–Kier alpha value is -3.94. The van der Waals surface area contributed by atoms with Crippen molar-refractivity contribution in [2.45, 2.75) is 37.6 Å². The molecule has 1 aliphatic heterocycles. The number of nitrogens with zero attached hydrogens (tertiary/aromatic N) is 4. The van der Waals surface area contributed by atoms with Gasteiger partial charge in [0.1, 0.15) is 23.2 Å². The third-order valence-corrected chi connectivity index (χ3v) is 6.21. The van der Waals surface area contributed by atoms with Crippen LogP contribution >= 0.6 is 0 Å². The quantitative estimate of drug-likeness (QED) is 0.496. The first-order valence-electron chi connectivity index (χ1n) is 11.2. The normalized spacial score (nSPS) is 18.9. The minimum Gasteiger partial charge on any atom is -0.391 e. The molecule has 0 spiro atoms. The highest BCUT2D eigenvalue weighted by Gasteiger charge is 2.50. The van der Waals surface area contributed by atoms with E-state index in [2.05, 4.69) is 9.97 Å². The van der Waals surface area contributed by atoms with Crippen LogP contribution in [0.2, 0.25) is 0 Å². The fraction of sp³-hybridized carbons (Fsp3) is 0.348. The number of nitrogens with one attached hydrogen (secondary N) is 1. The standard InChI is InChI=1S/C23H18F5N5O4/c24-11-5-15(25)21(29-7-11)33-9-14(22(37)31-19(10-1-2-10)23(26,27)28)18(36)13-3-4-16(30-20(13)33)32-8-12(34)6-17(32)35/h3-5,7,9-10,12,19,34H,1-2,6,8H2,(H,31,37). The van der Waals surface area contributed by atoms with Gasteiger partial charge in [-0.25, -0.2) is 18.7 Å². The van der Waals surface area contributed by atoms with Crippen LogP contribution in [0.4, 0.5) is 27.8 Å². The summed E-state index contributed by atoms with van der Waals surface area (Å²) in [5.41, 5.74) is -2.02. The number of aromatic nitrogens is 3. The number of alkyl halides is 3. The molecule has 3 aromatic rings. The van der Waals surface area contributed by atoms with Gasteiger partial charge in [0.05, 0.1) is 30.7 Å². The summed E-state index contributed by atoms with van der Waals surface area (Å²) in [6, 6.07) is 0.748. The molecule has 2 amide bonds. The average Bonchev–Trinajstić information content (AvgIpc) is 3.60. The van der Waals surface area contributed by atoms with Gasteiger partial charge in [-0.1, -0.05) is 0 Å². The van der Waals surface area contributed by atoms with E-state index in [4.69, 9.17) is 0 Å². The van der Waals surface area contributed by atoms with E-state index < -0.39 is 64.5 Å². The molecule has 194 valence electrons. The summed E-state index contributed by atoms with van der Waals surface area (Å²) in [5, 5.41) is 11.4. The average molecular weight is 523 g/mol.